The Morgan fingerprint density at radius 2 is 1.85 bits per heavy atom. The second-order valence-corrected chi connectivity index (χ2v) is 11.2. The highest BCUT2D eigenvalue weighted by molar-refractivity contribution is 8.00. The highest BCUT2D eigenvalue weighted by atomic mass is 35.5. The lowest BCUT2D eigenvalue weighted by Gasteiger charge is -2.23. The SMILES string of the molecule is COCCCNC(=O)CN1C(=O)CS[C@@H](c2cccc(Cl)c2)c2c(-c3ccccc3)nn(-c3ccccc3Cl)c21. The van der Waals surface area contributed by atoms with Crippen molar-refractivity contribution in [2.75, 3.05) is 37.5 Å². The molecule has 0 spiro atoms. The fourth-order valence-corrected chi connectivity index (χ4v) is 6.30. The topological polar surface area (TPSA) is 76.5 Å². The Balaban J connectivity index is 1.72. The maximum atomic E-state index is 13.8. The number of benzene rings is 3. The molecule has 1 aliphatic rings. The summed E-state index contributed by atoms with van der Waals surface area (Å²) >= 11 is 14.6. The minimum Gasteiger partial charge on any atom is -0.385 e. The molecule has 0 radical (unpaired) electrons. The van der Waals surface area contributed by atoms with Crippen LogP contribution in [0.25, 0.3) is 16.9 Å². The molecule has 7 nitrogen and oxygen atoms in total. The molecule has 3 aromatic carbocycles. The summed E-state index contributed by atoms with van der Waals surface area (Å²) < 4.78 is 6.78. The van der Waals surface area contributed by atoms with Crippen LogP contribution in [0.3, 0.4) is 0 Å². The van der Waals surface area contributed by atoms with Gasteiger partial charge in [0.05, 0.1) is 27.4 Å². The van der Waals surface area contributed by atoms with Crippen LogP contribution in [0.15, 0.2) is 78.9 Å². The molecule has 5 rings (SSSR count). The molecule has 206 valence electrons. The number of ether oxygens (including phenoxy) is 1. The lowest BCUT2D eigenvalue weighted by Crippen LogP contribution is -2.42. The van der Waals surface area contributed by atoms with Gasteiger partial charge in [0.1, 0.15) is 12.4 Å². The minimum atomic E-state index is -0.279. The average Bonchev–Trinajstić information content (AvgIpc) is 3.28. The molecule has 40 heavy (non-hydrogen) atoms. The van der Waals surface area contributed by atoms with Crippen molar-refractivity contribution in [1.29, 1.82) is 0 Å². The second kappa shape index (κ2) is 12.9. The monoisotopic (exact) mass is 594 g/mol. The zero-order valence-electron chi connectivity index (χ0n) is 21.8. The van der Waals surface area contributed by atoms with Crippen LogP contribution in [0.2, 0.25) is 10.0 Å². The van der Waals surface area contributed by atoms with E-state index in [0.717, 1.165) is 16.7 Å². The van der Waals surface area contributed by atoms with Crippen LogP contribution in [-0.4, -0.2) is 54.2 Å². The van der Waals surface area contributed by atoms with Crippen molar-refractivity contribution in [3.8, 4) is 16.9 Å². The van der Waals surface area contributed by atoms with E-state index >= 15 is 0 Å². The van der Waals surface area contributed by atoms with Gasteiger partial charge in [0.25, 0.3) is 0 Å². The van der Waals surface area contributed by atoms with Crippen molar-refractivity contribution in [1.82, 2.24) is 15.1 Å². The summed E-state index contributed by atoms with van der Waals surface area (Å²) in [6.07, 6.45) is 0.670. The summed E-state index contributed by atoms with van der Waals surface area (Å²) in [6, 6.07) is 24.8. The van der Waals surface area contributed by atoms with Crippen LogP contribution in [-0.2, 0) is 14.3 Å². The van der Waals surface area contributed by atoms with Gasteiger partial charge in [-0.25, -0.2) is 4.68 Å². The number of hydrogen-bond acceptors (Lipinski definition) is 5. The molecule has 1 atom stereocenters. The summed E-state index contributed by atoms with van der Waals surface area (Å²) in [6.45, 7) is 0.817. The van der Waals surface area contributed by atoms with Crippen molar-refractivity contribution in [2.45, 2.75) is 11.7 Å². The Bertz CT molecular complexity index is 1510. The fourth-order valence-electron chi connectivity index (χ4n) is 4.70. The Morgan fingerprint density at radius 1 is 1.07 bits per heavy atom. The van der Waals surface area contributed by atoms with Gasteiger partial charge in [-0.1, -0.05) is 77.8 Å². The number of fused-ring (bicyclic) bond motifs is 1. The minimum absolute atomic E-state index is 0.161. The first-order chi connectivity index (χ1) is 19.5. The van der Waals surface area contributed by atoms with Gasteiger partial charge < -0.3 is 10.1 Å². The molecule has 0 unspecified atom stereocenters. The van der Waals surface area contributed by atoms with E-state index in [1.54, 1.807) is 17.9 Å². The number of nitrogens with zero attached hydrogens (tertiary/aromatic N) is 3. The largest absolute Gasteiger partial charge is 0.385 e. The zero-order valence-corrected chi connectivity index (χ0v) is 24.2. The maximum absolute atomic E-state index is 13.8. The predicted molar refractivity (Wildman–Crippen MR) is 162 cm³/mol. The van der Waals surface area contributed by atoms with E-state index in [9.17, 15) is 9.59 Å². The van der Waals surface area contributed by atoms with Crippen molar-refractivity contribution in [3.05, 3.63) is 100 Å². The van der Waals surface area contributed by atoms with E-state index in [4.69, 9.17) is 33.0 Å². The number of carbonyl (C=O) groups is 2. The van der Waals surface area contributed by atoms with Crippen LogP contribution >= 0.6 is 35.0 Å². The highest BCUT2D eigenvalue weighted by Gasteiger charge is 2.38. The molecule has 10 heteroatoms. The quantitative estimate of drug-likeness (QED) is 0.235. The van der Waals surface area contributed by atoms with Gasteiger partial charge in [-0.3, -0.25) is 14.5 Å². The molecule has 0 bridgehead atoms. The van der Waals surface area contributed by atoms with Gasteiger partial charge in [-0.2, -0.15) is 5.10 Å². The summed E-state index contributed by atoms with van der Waals surface area (Å²) in [5.41, 5.74) is 3.95. The zero-order chi connectivity index (χ0) is 28.1. The highest BCUT2D eigenvalue weighted by Crippen LogP contribution is 2.49. The molecule has 1 N–H and O–H groups in total. The van der Waals surface area contributed by atoms with Gasteiger partial charge >= 0.3 is 0 Å². The normalized spacial score (nSPS) is 15.0. The molecular weight excluding hydrogens is 567 g/mol. The van der Waals surface area contributed by atoms with E-state index in [2.05, 4.69) is 5.32 Å². The van der Waals surface area contributed by atoms with E-state index in [-0.39, 0.29) is 29.4 Å². The number of rotatable bonds is 9. The second-order valence-electron chi connectivity index (χ2n) is 9.24. The van der Waals surface area contributed by atoms with Gasteiger partial charge in [0.2, 0.25) is 11.8 Å². The number of hydrogen-bond donors (Lipinski definition) is 1. The third kappa shape index (κ3) is 6.05. The summed E-state index contributed by atoms with van der Waals surface area (Å²) in [5, 5.41) is 8.75. The van der Waals surface area contributed by atoms with E-state index in [1.807, 2.05) is 72.8 Å². The summed E-state index contributed by atoms with van der Waals surface area (Å²) in [5.74, 6) is 0.212. The lowest BCUT2D eigenvalue weighted by molar-refractivity contribution is -0.122. The van der Waals surface area contributed by atoms with Crippen LogP contribution in [0.1, 0.15) is 22.8 Å². The van der Waals surface area contributed by atoms with Crippen molar-refractivity contribution in [3.63, 3.8) is 0 Å². The van der Waals surface area contributed by atoms with Crippen molar-refractivity contribution < 1.29 is 14.3 Å². The van der Waals surface area contributed by atoms with Gasteiger partial charge in [0.15, 0.2) is 0 Å². The Labute approximate surface area is 247 Å². The smallest absolute Gasteiger partial charge is 0.240 e. The molecule has 4 aromatic rings. The lowest BCUT2D eigenvalue weighted by atomic mass is 9.99. The Morgan fingerprint density at radius 3 is 2.60 bits per heavy atom. The molecule has 0 fully saturated rings. The van der Waals surface area contributed by atoms with Crippen LogP contribution in [0, 0.1) is 0 Å². The summed E-state index contributed by atoms with van der Waals surface area (Å²) in [7, 11) is 1.62. The molecule has 0 saturated heterocycles. The number of carbonyl (C=O) groups excluding carboxylic acids is 2. The Hall–Kier alpha value is -3.30. The molecule has 2 heterocycles. The maximum Gasteiger partial charge on any atom is 0.240 e. The van der Waals surface area contributed by atoms with Crippen LogP contribution < -0.4 is 10.2 Å². The van der Waals surface area contributed by atoms with Crippen molar-refractivity contribution in [2.24, 2.45) is 0 Å². The third-order valence-electron chi connectivity index (χ3n) is 6.52. The first-order valence-corrected chi connectivity index (χ1v) is 14.6. The number of amides is 2. The van der Waals surface area contributed by atoms with Gasteiger partial charge in [-0.15, -0.1) is 11.8 Å². The van der Waals surface area contributed by atoms with Gasteiger partial charge in [0, 0.05) is 36.4 Å². The molecular formula is C30H28Cl2N4O3S. The van der Waals surface area contributed by atoms with E-state index in [1.165, 1.54) is 16.7 Å². The van der Waals surface area contributed by atoms with Gasteiger partial charge in [-0.05, 0) is 36.2 Å². The molecule has 1 aromatic heterocycles. The number of para-hydroxylation sites is 1. The first kappa shape index (κ1) is 28.2. The van der Waals surface area contributed by atoms with Crippen LogP contribution in [0.4, 0.5) is 5.82 Å². The molecule has 0 aliphatic carbocycles. The van der Waals surface area contributed by atoms with Crippen LogP contribution in [0.5, 0.6) is 0 Å². The number of methoxy groups -OCH3 is 1. The molecule has 0 saturated carbocycles. The first-order valence-electron chi connectivity index (χ1n) is 12.8. The fraction of sp³-hybridized carbons (Fsp3) is 0.233. The molecule has 2 amide bonds. The third-order valence-corrected chi connectivity index (χ3v) is 8.33. The number of aromatic nitrogens is 2. The average molecular weight is 596 g/mol. The van der Waals surface area contributed by atoms with E-state index in [0.29, 0.717) is 46.8 Å². The number of halogens is 2. The predicted octanol–water partition coefficient (Wildman–Crippen LogP) is 6.17. The molecule has 1 aliphatic heterocycles. The standard InChI is InChI=1S/C30H28Cl2N4O3S/c1-39-16-8-15-33-25(37)18-35-26(38)19-40-29(21-11-7-12-22(31)17-21)27-28(20-9-3-2-4-10-20)34-36(30(27)35)24-14-6-5-13-23(24)32/h2-7,9-14,17,29H,8,15-16,18-19H2,1H3,(H,33,37)/t29-/m0/s1. The van der Waals surface area contributed by atoms with E-state index < -0.39 is 0 Å². The Kier molecular flexibility index (Phi) is 9.11. The van der Waals surface area contributed by atoms with Crippen molar-refractivity contribution >= 4 is 52.6 Å². The summed E-state index contributed by atoms with van der Waals surface area (Å²) in [4.78, 5) is 28.4. The number of thioether (sulfide) groups is 1. The number of nitrogens with one attached hydrogen (secondary N) is 1. The number of anilines is 1.